The van der Waals surface area contributed by atoms with Gasteiger partial charge in [0.1, 0.15) is 6.26 Å². The number of ether oxygens (including phenoxy) is 1. The van der Waals surface area contributed by atoms with Crippen molar-refractivity contribution >= 4 is 27.6 Å². The first-order chi connectivity index (χ1) is 8.97. The van der Waals surface area contributed by atoms with Crippen LogP contribution in [-0.4, -0.2) is 21.0 Å². The third kappa shape index (κ3) is 2.88. The number of halogens is 1. The second-order valence-corrected chi connectivity index (χ2v) is 4.19. The summed E-state index contributed by atoms with van der Waals surface area (Å²) in [6, 6.07) is 4.12. The molecule has 0 saturated heterocycles. The summed E-state index contributed by atoms with van der Waals surface area (Å²) in [5, 5.41) is 19.5. The van der Waals surface area contributed by atoms with Gasteiger partial charge < -0.3 is 14.3 Å². The fraction of sp³-hybridized carbons (Fsp3) is 0. The van der Waals surface area contributed by atoms with Crippen LogP contribution in [0.3, 0.4) is 0 Å². The van der Waals surface area contributed by atoms with E-state index in [-0.39, 0.29) is 23.2 Å². The molecular weight excluding hydrogens is 324 g/mol. The highest BCUT2D eigenvalue weighted by molar-refractivity contribution is 9.10. The fourth-order valence-electron chi connectivity index (χ4n) is 1.22. The molecule has 0 saturated carbocycles. The van der Waals surface area contributed by atoms with Crippen molar-refractivity contribution in [2.24, 2.45) is 0 Å². The van der Waals surface area contributed by atoms with Crippen LogP contribution in [0.4, 0.5) is 5.69 Å². The molecule has 0 spiro atoms. The first-order valence-electron chi connectivity index (χ1n) is 4.78. The van der Waals surface area contributed by atoms with Crippen LogP contribution < -0.4 is 4.74 Å². The zero-order valence-electron chi connectivity index (χ0n) is 9.07. The Bertz CT molecular complexity index is 653. The normalized spacial score (nSPS) is 10.2. The molecule has 0 aliphatic rings. The Morgan fingerprint density at radius 1 is 1.53 bits per heavy atom. The monoisotopic (exact) mass is 328 g/mol. The van der Waals surface area contributed by atoms with Crippen LogP contribution in [0.15, 0.2) is 33.4 Å². The Hall–Kier alpha value is -2.42. The van der Waals surface area contributed by atoms with E-state index in [1.807, 2.05) is 0 Å². The quantitative estimate of drug-likeness (QED) is 0.677. The number of benzene rings is 1. The number of nitrogens with zero attached hydrogens (tertiary/aromatic N) is 2. The lowest BCUT2D eigenvalue weighted by Crippen LogP contribution is -1.97. The van der Waals surface area contributed by atoms with Gasteiger partial charge in [0.05, 0.1) is 4.92 Å². The second kappa shape index (κ2) is 5.06. The number of carboxylic acid groups (broad SMARTS) is 1. The molecule has 0 radical (unpaired) electrons. The standard InChI is InChI=1S/C10H5BrN2O6/c11-5-1-2-8(7(3-5)13(16)17)19-10-12-6(4-18-10)9(14)15/h1-4H,(H,14,15). The first-order valence-corrected chi connectivity index (χ1v) is 5.57. The van der Waals surface area contributed by atoms with Crippen LogP contribution in [0.5, 0.6) is 11.8 Å². The van der Waals surface area contributed by atoms with E-state index < -0.39 is 10.9 Å². The van der Waals surface area contributed by atoms with Crippen LogP contribution >= 0.6 is 15.9 Å². The number of rotatable bonds is 4. The van der Waals surface area contributed by atoms with E-state index in [4.69, 9.17) is 14.3 Å². The van der Waals surface area contributed by atoms with Crippen LogP contribution in [-0.2, 0) is 0 Å². The highest BCUT2D eigenvalue weighted by atomic mass is 79.9. The van der Waals surface area contributed by atoms with E-state index in [2.05, 4.69) is 20.9 Å². The maximum atomic E-state index is 10.8. The third-order valence-electron chi connectivity index (χ3n) is 2.02. The maximum absolute atomic E-state index is 10.8. The van der Waals surface area contributed by atoms with E-state index >= 15 is 0 Å². The van der Waals surface area contributed by atoms with Gasteiger partial charge in [0.25, 0.3) is 0 Å². The summed E-state index contributed by atoms with van der Waals surface area (Å²) in [5.74, 6) is -1.39. The van der Waals surface area contributed by atoms with Crippen molar-refractivity contribution in [3.8, 4) is 11.8 Å². The smallest absolute Gasteiger partial charge is 0.400 e. The summed E-state index contributed by atoms with van der Waals surface area (Å²) >= 11 is 3.10. The minimum atomic E-state index is -1.29. The Kier molecular flexibility index (Phi) is 3.47. The molecule has 1 aromatic carbocycles. The van der Waals surface area contributed by atoms with Gasteiger partial charge in [-0.15, -0.1) is 0 Å². The van der Waals surface area contributed by atoms with Crippen LogP contribution in [0.25, 0.3) is 0 Å². The van der Waals surface area contributed by atoms with Crippen molar-refractivity contribution in [2.45, 2.75) is 0 Å². The van der Waals surface area contributed by atoms with Crippen LogP contribution in [0.1, 0.15) is 10.5 Å². The molecule has 0 aliphatic carbocycles. The summed E-state index contributed by atoms with van der Waals surface area (Å²) in [7, 11) is 0. The highest BCUT2D eigenvalue weighted by Crippen LogP contribution is 2.33. The number of hydrogen-bond acceptors (Lipinski definition) is 6. The molecule has 0 aliphatic heterocycles. The third-order valence-corrected chi connectivity index (χ3v) is 2.51. The van der Waals surface area contributed by atoms with Gasteiger partial charge in [-0.2, -0.15) is 4.98 Å². The van der Waals surface area contributed by atoms with Crippen molar-refractivity contribution < 1.29 is 24.0 Å². The van der Waals surface area contributed by atoms with E-state index in [9.17, 15) is 14.9 Å². The van der Waals surface area contributed by atoms with Gasteiger partial charge >= 0.3 is 17.7 Å². The van der Waals surface area contributed by atoms with Crippen LogP contribution in [0, 0.1) is 10.1 Å². The molecule has 1 N–H and O–H groups in total. The number of nitro benzene ring substituents is 1. The molecule has 0 bridgehead atoms. The zero-order chi connectivity index (χ0) is 14.0. The summed E-state index contributed by atoms with van der Waals surface area (Å²) in [4.78, 5) is 24.3. The van der Waals surface area contributed by atoms with E-state index in [1.165, 1.54) is 18.2 Å². The predicted octanol–water partition coefficient (Wildman–Crippen LogP) is 2.84. The van der Waals surface area contributed by atoms with Crippen molar-refractivity contribution in [3.63, 3.8) is 0 Å². The largest absolute Gasteiger partial charge is 0.476 e. The molecule has 2 rings (SSSR count). The number of nitro groups is 1. The minimum absolute atomic E-state index is 0.105. The first kappa shape index (κ1) is 13.0. The molecule has 0 amide bonds. The number of carboxylic acids is 1. The molecule has 2 aromatic rings. The molecule has 98 valence electrons. The van der Waals surface area contributed by atoms with Gasteiger partial charge in [0.15, 0.2) is 5.69 Å². The van der Waals surface area contributed by atoms with Gasteiger partial charge in [0.2, 0.25) is 5.75 Å². The van der Waals surface area contributed by atoms with E-state index in [0.717, 1.165) is 6.26 Å². The van der Waals surface area contributed by atoms with Gasteiger partial charge in [-0.25, -0.2) is 4.79 Å². The lowest BCUT2D eigenvalue weighted by Gasteiger charge is -2.02. The molecule has 8 nitrogen and oxygen atoms in total. The lowest BCUT2D eigenvalue weighted by molar-refractivity contribution is -0.385. The molecule has 0 atom stereocenters. The van der Waals surface area contributed by atoms with E-state index in [1.54, 1.807) is 0 Å². The Balaban J connectivity index is 2.32. The molecule has 1 heterocycles. The number of aromatic nitrogens is 1. The Morgan fingerprint density at radius 2 is 2.26 bits per heavy atom. The number of carbonyl (C=O) groups is 1. The summed E-state index contributed by atoms with van der Waals surface area (Å²) in [5.41, 5.74) is -0.654. The van der Waals surface area contributed by atoms with Crippen molar-refractivity contribution in [2.75, 3.05) is 0 Å². The molecular formula is C10H5BrN2O6. The summed E-state index contributed by atoms with van der Waals surface area (Å²) < 4.78 is 10.3. The summed E-state index contributed by atoms with van der Waals surface area (Å²) in [6.07, 6.45) is 0.491. The van der Waals surface area contributed by atoms with Crippen molar-refractivity contribution in [1.82, 2.24) is 4.98 Å². The van der Waals surface area contributed by atoms with Gasteiger partial charge in [-0.1, -0.05) is 15.9 Å². The summed E-state index contributed by atoms with van der Waals surface area (Å²) in [6.45, 7) is 0. The molecule has 0 fully saturated rings. The molecule has 19 heavy (non-hydrogen) atoms. The maximum Gasteiger partial charge on any atom is 0.400 e. The highest BCUT2D eigenvalue weighted by Gasteiger charge is 2.19. The molecule has 9 heteroatoms. The minimum Gasteiger partial charge on any atom is -0.476 e. The van der Waals surface area contributed by atoms with Crippen molar-refractivity contribution in [1.29, 1.82) is 0 Å². The molecule has 0 unspecified atom stereocenters. The predicted molar refractivity (Wildman–Crippen MR) is 64.3 cm³/mol. The van der Waals surface area contributed by atoms with Crippen LogP contribution in [0.2, 0.25) is 0 Å². The van der Waals surface area contributed by atoms with Crippen molar-refractivity contribution in [3.05, 3.63) is 44.7 Å². The average Bonchev–Trinajstić information content (AvgIpc) is 2.80. The van der Waals surface area contributed by atoms with Gasteiger partial charge in [-0.05, 0) is 12.1 Å². The topological polar surface area (TPSA) is 116 Å². The SMILES string of the molecule is O=C(O)c1coc(Oc2ccc(Br)cc2[N+](=O)[O-])n1. The average molecular weight is 329 g/mol. The Labute approximate surface area is 113 Å². The lowest BCUT2D eigenvalue weighted by atomic mass is 10.3. The van der Waals surface area contributed by atoms with Gasteiger partial charge in [-0.3, -0.25) is 10.1 Å². The Morgan fingerprint density at radius 3 is 2.84 bits per heavy atom. The number of oxazole rings is 1. The molecule has 1 aromatic heterocycles. The number of aromatic carboxylic acids is 1. The fourth-order valence-corrected chi connectivity index (χ4v) is 1.56. The second-order valence-electron chi connectivity index (χ2n) is 3.28. The zero-order valence-corrected chi connectivity index (χ0v) is 10.7. The van der Waals surface area contributed by atoms with Gasteiger partial charge in [0, 0.05) is 10.5 Å². The van der Waals surface area contributed by atoms with E-state index in [0.29, 0.717) is 4.47 Å². The number of hydrogen-bond donors (Lipinski definition) is 1.